The lowest BCUT2D eigenvalue weighted by Crippen LogP contribution is -2.46. The average Bonchev–Trinajstić information content (AvgIpc) is 2.54. The number of nitrogens with one attached hydrogen (secondary N) is 1. The molecule has 0 radical (unpaired) electrons. The van der Waals surface area contributed by atoms with Gasteiger partial charge < -0.3 is 20.1 Å². The number of aliphatic carboxylic acids is 1. The number of rotatable bonds is 5. The number of benzene rings is 1. The summed E-state index contributed by atoms with van der Waals surface area (Å²) < 4.78 is 5.14. The van der Waals surface area contributed by atoms with Crippen molar-refractivity contribution >= 4 is 12.0 Å². The Bertz CT molecular complexity index is 533. The molecule has 1 atom stereocenters. The Morgan fingerprint density at radius 3 is 2.77 bits per heavy atom. The predicted molar refractivity (Wildman–Crippen MR) is 81.3 cm³/mol. The van der Waals surface area contributed by atoms with Gasteiger partial charge in [0, 0.05) is 26.7 Å². The highest BCUT2D eigenvalue weighted by Crippen LogP contribution is 2.17. The van der Waals surface area contributed by atoms with Crippen molar-refractivity contribution in [3.8, 4) is 0 Å². The highest BCUT2D eigenvalue weighted by Gasteiger charge is 2.27. The fourth-order valence-corrected chi connectivity index (χ4v) is 2.67. The summed E-state index contributed by atoms with van der Waals surface area (Å²) in [4.78, 5) is 24.8. The molecule has 1 saturated heterocycles. The predicted octanol–water partition coefficient (Wildman–Crippen LogP) is 1.84. The van der Waals surface area contributed by atoms with Gasteiger partial charge in [0.1, 0.15) is 0 Å². The number of urea groups is 1. The SMILES string of the molecule is COCc1ccccc1CNC(=O)N1CCCC(C(=O)O)C1. The van der Waals surface area contributed by atoms with E-state index in [4.69, 9.17) is 9.84 Å². The van der Waals surface area contributed by atoms with Gasteiger partial charge in [0.25, 0.3) is 0 Å². The molecule has 0 aliphatic carbocycles. The van der Waals surface area contributed by atoms with Crippen molar-refractivity contribution in [2.45, 2.75) is 26.0 Å². The molecule has 1 fully saturated rings. The van der Waals surface area contributed by atoms with Crippen LogP contribution in [0.4, 0.5) is 4.79 Å². The van der Waals surface area contributed by atoms with Crippen LogP contribution < -0.4 is 5.32 Å². The second-order valence-corrected chi connectivity index (χ2v) is 5.48. The quantitative estimate of drug-likeness (QED) is 0.870. The first kappa shape index (κ1) is 16.3. The lowest BCUT2D eigenvalue weighted by molar-refractivity contribution is -0.143. The number of piperidine rings is 1. The Labute approximate surface area is 130 Å². The van der Waals surface area contributed by atoms with Crippen LogP contribution in [0.1, 0.15) is 24.0 Å². The molecule has 1 aromatic rings. The van der Waals surface area contributed by atoms with Crippen molar-refractivity contribution < 1.29 is 19.4 Å². The second kappa shape index (κ2) is 7.79. The van der Waals surface area contributed by atoms with Crippen molar-refractivity contribution in [3.05, 3.63) is 35.4 Å². The second-order valence-electron chi connectivity index (χ2n) is 5.48. The van der Waals surface area contributed by atoms with Gasteiger partial charge in [-0.3, -0.25) is 4.79 Å². The van der Waals surface area contributed by atoms with Crippen LogP contribution in [0.2, 0.25) is 0 Å². The third-order valence-electron chi connectivity index (χ3n) is 3.91. The summed E-state index contributed by atoms with van der Waals surface area (Å²) in [6.07, 6.45) is 1.36. The maximum Gasteiger partial charge on any atom is 0.317 e. The minimum Gasteiger partial charge on any atom is -0.481 e. The first-order valence-corrected chi connectivity index (χ1v) is 7.43. The van der Waals surface area contributed by atoms with E-state index in [2.05, 4.69) is 5.32 Å². The van der Waals surface area contributed by atoms with Crippen LogP contribution in [0.25, 0.3) is 0 Å². The number of likely N-dealkylation sites (tertiary alicyclic amines) is 1. The summed E-state index contributed by atoms with van der Waals surface area (Å²) in [7, 11) is 1.63. The van der Waals surface area contributed by atoms with Crippen molar-refractivity contribution in [2.24, 2.45) is 5.92 Å². The summed E-state index contributed by atoms with van der Waals surface area (Å²) in [6, 6.07) is 7.55. The molecular weight excluding hydrogens is 284 g/mol. The number of carboxylic acid groups (broad SMARTS) is 1. The van der Waals surface area contributed by atoms with Crippen LogP contribution in [0.5, 0.6) is 0 Å². The standard InChI is InChI=1S/C16H22N2O4/c1-22-11-14-6-3-2-5-12(14)9-17-16(21)18-8-4-7-13(10-18)15(19)20/h2-3,5-6,13H,4,7-11H2,1H3,(H,17,21)(H,19,20). The number of hydrogen-bond acceptors (Lipinski definition) is 3. The summed E-state index contributed by atoms with van der Waals surface area (Å²) >= 11 is 0. The topological polar surface area (TPSA) is 78.9 Å². The van der Waals surface area contributed by atoms with E-state index < -0.39 is 11.9 Å². The number of carbonyl (C=O) groups excluding carboxylic acids is 1. The normalized spacial score (nSPS) is 18.0. The van der Waals surface area contributed by atoms with Gasteiger partial charge in [-0.25, -0.2) is 4.79 Å². The van der Waals surface area contributed by atoms with Crippen LogP contribution >= 0.6 is 0 Å². The number of methoxy groups -OCH3 is 1. The van der Waals surface area contributed by atoms with Gasteiger partial charge in [-0.2, -0.15) is 0 Å². The summed E-state index contributed by atoms with van der Waals surface area (Å²) in [6.45, 7) is 1.79. The van der Waals surface area contributed by atoms with Crippen molar-refractivity contribution in [2.75, 3.05) is 20.2 Å². The molecule has 0 spiro atoms. The Morgan fingerprint density at radius 1 is 1.36 bits per heavy atom. The van der Waals surface area contributed by atoms with E-state index in [0.29, 0.717) is 26.1 Å². The summed E-state index contributed by atoms with van der Waals surface area (Å²) in [5, 5.41) is 11.9. The van der Waals surface area contributed by atoms with E-state index in [1.165, 1.54) is 0 Å². The molecule has 0 bridgehead atoms. The zero-order chi connectivity index (χ0) is 15.9. The van der Waals surface area contributed by atoms with E-state index in [1.54, 1.807) is 12.0 Å². The van der Waals surface area contributed by atoms with Crippen molar-refractivity contribution in [1.29, 1.82) is 0 Å². The van der Waals surface area contributed by atoms with Crippen LogP contribution in [-0.2, 0) is 22.7 Å². The van der Waals surface area contributed by atoms with Gasteiger partial charge in [0.2, 0.25) is 0 Å². The Kier molecular flexibility index (Phi) is 5.77. The minimum atomic E-state index is -0.831. The number of nitrogens with zero attached hydrogens (tertiary/aromatic N) is 1. The van der Waals surface area contributed by atoms with E-state index >= 15 is 0 Å². The number of hydrogen-bond donors (Lipinski definition) is 2. The smallest absolute Gasteiger partial charge is 0.317 e. The van der Waals surface area contributed by atoms with Crippen molar-refractivity contribution in [3.63, 3.8) is 0 Å². The molecule has 1 heterocycles. The Hall–Kier alpha value is -2.08. The van der Waals surface area contributed by atoms with Gasteiger partial charge in [0.15, 0.2) is 0 Å². The monoisotopic (exact) mass is 306 g/mol. The molecule has 6 nitrogen and oxygen atoms in total. The highest BCUT2D eigenvalue weighted by molar-refractivity contribution is 5.76. The zero-order valence-electron chi connectivity index (χ0n) is 12.7. The molecule has 22 heavy (non-hydrogen) atoms. The molecular formula is C16H22N2O4. The van der Waals surface area contributed by atoms with Gasteiger partial charge in [-0.05, 0) is 24.0 Å². The molecule has 0 saturated carbocycles. The first-order valence-electron chi connectivity index (χ1n) is 7.43. The van der Waals surface area contributed by atoms with E-state index in [9.17, 15) is 9.59 Å². The number of amides is 2. The number of carbonyl (C=O) groups is 2. The average molecular weight is 306 g/mol. The molecule has 1 aliphatic rings. The lowest BCUT2D eigenvalue weighted by atomic mass is 9.99. The zero-order valence-corrected chi connectivity index (χ0v) is 12.7. The molecule has 2 rings (SSSR count). The minimum absolute atomic E-state index is 0.210. The van der Waals surface area contributed by atoms with Gasteiger partial charge in [-0.15, -0.1) is 0 Å². The number of ether oxygens (including phenoxy) is 1. The molecule has 0 aromatic heterocycles. The van der Waals surface area contributed by atoms with Crippen LogP contribution in [0.15, 0.2) is 24.3 Å². The van der Waals surface area contributed by atoms with Crippen molar-refractivity contribution in [1.82, 2.24) is 10.2 Å². The molecule has 6 heteroatoms. The molecule has 2 N–H and O–H groups in total. The fourth-order valence-electron chi connectivity index (χ4n) is 2.67. The molecule has 1 aliphatic heterocycles. The highest BCUT2D eigenvalue weighted by atomic mass is 16.5. The van der Waals surface area contributed by atoms with Gasteiger partial charge in [0.05, 0.1) is 12.5 Å². The van der Waals surface area contributed by atoms with Crippen LogP contribution in [0.3, 0.4) is 0 Å². The molecule has 120 valence electrons. The Morgan fingerprint density at radius 2 is 2.09 bits per heavy atom. The van der Waals surface area contributed by atoms with Gasteiger partial charge >= 0.3 is 12.0 Å². The summed E-state index contributed by atoms with van der Waals surface area (Å²) in [5.74, 6) is -1.29. The molecule has 1 unspecified atom stereocenters. The fraction of sp³-hybridized carbons (Fsp3) is 0.500. The van der Waals surface area contributed by atoms with Crippen LogP contribution in [-0.4, -0.2) is 42.2 Å². The van der Waals surface area contributed by atoms with E-state index in [1.807, 2.05) is 24.3 Å². The third kappa shape index (κ3) is 4.21. The third-order valence-corrected chi connectivity index (χ3v) is 3.91. The Balaban J connectivity index is 1.91. The summed E-state index contributed by atoms with van der Waals surface area (Å²) in [5.41, 5.74) is 2.04. The maximum absolute atomic E-state index is 12.2. The largest absolute Gasteiger partial charge is 0.481 e. The maximum atomic E-state index is 12.2. The number of carboxylic acids is 1. The lowest BCUT2D eigenvalue weighted by Gasteiger charge is -2.30. The van der Waals surface area contributed by atoms with E-state index in [0.717, 1.165) is 17.5 Å². The molecule has 2 amide bonds. The van der Waals surface area contributed by atoms with E-state index in [-0.39, 0.29) is 12.6 Å². The van der Waals surface area contributed by atoms with Gasteiger partial charge in [-0.1, -0.05) is 24.3 Å². The van der Waals surface area contributed by atoms with Crippen LogP contribution in [0, 0.1) is 5.92 Å². The molecule has 1 aromatic carbocycles. The first-order chi connectivity index (χ1) is 10.6.